The van der Waals surface area contributed by atoms with Gasteiger partial charge in [0.2, 0.25) is 0 Å². The third-order valence-electron chi connectivity index (χ3n) is 3.93. The summed E-state index contributed by atoms with van der Waals surface area (Å²) in [6.45, 7) is 0. The number of pyridine rings is 1. The lowest BCUT2D eigenvalue weighted by Gasteiger charge is -2.32. The van der Waals surface area contributed by atoms with Crippen molar-refractivity contribution in [2.45, 2.75) is 37.0 Å². The molecule has 1 saturated carbocycles. The van der Waals surface area contributed by atoms with Crippen LogP contribution in [-0.4, -0.2) is 24.9 Å². The summed E-state index contributed by atoms with van der Waals surface area (Å²) in [5, 5.41) is -0.262. The van der Waals surface area contributed by atoms with Crippen LogP contribution in [0.15, 0.2) is 21.2 Å². The molecule has 7 heteroatoms. The molecule has 0 amide bonds. The lowest BCUT2D eigenvalue weighted by atomic mass is 9.82. The number of hydrogen-bond acceptors (Lipinski definition) is 4. The first-order valence-corrected chi connectivity index (χ1v) is 10.1. The van der Waals surface area contributed by atoms with Crippen LogP contribution in [0.25, 0.3) is 0 Å². The van der Waals surface area contributed by atoms with Gasteiger partial charge in [0.1, 0.15) is 9.84 Å². The number of aromatic nitrogens is 1. The number of nitrogens with two attached hydrogens (primary N) is 1. The summed E-state index contributed by atoms with van der Waals surface area (Å²) in [6, 6.07) is 1.68. The van der Waals surface area contributed by atoms with E-state index < -0.39 is 9.84 Å². The highest BCUT2D eigenvalue weighted by Crippen LogP contribution is 2.37. The number of rotatable bonds is 3. The topological polar surface area (TPSA) is 73.0 Å². The van der Waals surface area contributed by atoms with Crippen LogP contribution in [0, 0.1) is 5.92 Å². The van der Waals surface area contributed by atoms with Crippen molar-refractivity contribution in [1.82, 2.24) is 4.98 Å². The lowest BCUT2D eigenvalue weighted by molar-refractivity contribution is 0.305. The number of nitrogens with zero attached hydrogens (tertiary/aromatic N) is 1. The van der Waals surface area contributed by atoms with Crippen LogP contribution >= 0.6 is 31.9 Å². The Morgan fingerprint density at radius 1 is 1.40 bits per heavy atom. The van der Waals surface area contributed by atoms with Crippen molar-refractivity contribution in [2.24, 2.45) is 11.7 Å². The van der Waals surface area contributed by atoms with Gasteiger partial charge in [0.05, 0.1) is 17.0 Å². The second-order valence-electron chi connectivity index (χ2n) is 5.42. The van der Waals surface area contributed by atoms with Gasteiger partial charge in [-0.2, -0.15) is 0 Å². The zero-order chi connectivity index (χ0) is 14.9. The molecule has 0 saturated heterocycles. The molecule has 112 valence electrons. The minimum Gasteiger partial charge on any atom is -0.322 e. The molecule has 1 aromatic rings. The molecule has 4 nitrogen and oxygen atoms in total. The monoisotopic (exact) mass is 424 g/mol. The Balaban J connectivity index is 2.18. The van der Waals surface area contributed by atoms with E-state index in [-0.39, 0.29) is 17.2 Å². The van der Waals surface area contributed by atoms with Crippen LogP contribution in [0.1, 0.15) is 37.4 Å². The van der Waals surface area contributed by atoms with Crippen molar-refractivity contribution in [3.05, 3.63) is 26.9 Å². The van der Waals surface area contributed by atoms with Crippen LogP contribution in [0.4, 0.5) is 0 Å². The summed E-state index contributed by atoms with van der Waals surface area (Å²) < 4.78 is 25.2. The lowest BCUT2D eigenvalue weighted by Crippen LogP contribution is -2.33. The predicted octanol–water partition coefficient (Wildman–Crippen LogP) is 3.21. The molecule has 20 heavy (non-hydrogen) atoms. The molecule has 1 aliphatic rings. The van der Waals surface area contributed by atoms with E-state index >= 15 is 0 Å². The predicted molar refractivity (Wildman–Crippen MR) is 87.2 cm³/mol. The summed E-state index contributed by atoms with van der Waals surface area (Å²) >= 11 is 6.84. The van der Waals surface area contributed by atoms with Crippen LogP contribution in [-0.2, 0) is 9.84 Å². The van der Waals surface area contributed by atoms with Gasteiger partial charge in [0.25, 0.3) is 0 Å². The first-order chi connectivity index (χ1) is 9.29. The number of halogens is 2. The molecule has 1 aromatic heterocycles. The van der Waals surface area contributed by atoms with E-state index in [1.165, 1.54) is 6.26 Å². The van der Waals surface area contributed by atoms with Gasteiger partial charge in [-0.15, -0.1) is 0 Å². The smallest absolute Gasteiger partial charge is 0.150 e. The average molecular weight is 426 g/mol. The number of hydrogen-bond donors (Lipinski definition) is 1. The molecule has 2 N–H and O–H groups in total. The van der Waals surface area contributed by atoms with Crippen molar-refractivity contribution >= 4 is 41.7 Å². The second-order valence-corrected chi connectivity index (χ2v) is 9.52. The van der Waals surface area contributed by atoms with Crippen LogP contribution < -0.4 is 5.73 Å². The van der Waals surface area contributed by atoms with Crippen molar-refractivity contribution in [3.8, 4) is 0 Å². The second kappa shape index (κ2) is 6.42. The molecular weight excluding hydrogens is 408 g/mol. The van der Waals surface area contributed by atoms with Crippen molar-refractivity contribution in [3.63, 3.8) is 0 Å². The molecular formula is C13H18Br2N2O2S. The molecule has 1 heterocycles. The Hall–Kier alpha value is 0.0200. The highest BCUT2D eigenvalue weighted by atomic mass is 79.9. The largest absolute Gasteiger partial charge is 0.322 e. The zero-order valence-electron chi connectivity index (χ0n) is 11.2. The molecule has 3 atom stereocenters. The first-order valence-electron chi connectivity index (χ1n) is 6.54. The normalized spacial score (nSPS) is 25.4. The number of sulfone groups is 1. The summed E-state index contributed by atoms with van der Waals surface area (Å²) in [5.41, 5.74) is 7.12. The van der Waals surface area contributed by atoms with Crippen molar-refractivity contribution < 1.29 is 8.42 Å². The summed E-state index contributed by atoms with van der Waals surface area (Å²) in [4.78, 5) is 4.37. The summed E-state index contributed by atoms with van der Waals surface area (Å²) in [5.74, 6) is 0.161. The highest BCUT2D eigenvalue weighted by molar-refractivity contribution is 9.11. The zero-order valence-corrected chi connectivity index (χ0v) is 15.2. The van der Waals surface area contributed by atoms with E-state index in [1.54, 1.807) is 6.20 Å². The molecule has 2 rings (SSSR count). The summed E-state index contributed by atoms with van der Waals surface area (Å²) in [6.07, 6.45) is 6.28. The summed E-state index contributed by atoms with van der Waals surface area (Å²) in [7, 11) is -2.99. The fourth-order valence-electron chi connectivity index (χ4n) is 2.79. The van der Waals surface area contributed by atoms with E-state index in [0.29, 0.717) is 6.42 Å². The van der Waals surface area contributed by atoms with E-state index in [1.807, 2.05) is 6.07 Å². The van der Waals surface area contributed by atoms with E-state index in [2.05, 4.69) is 36.8 Å². The van der Waals surface area contributed by atoms with E-state index in [9.17, 15) is 8.42 Å². The molecule has 0 bridgehead atoms. The van der Waals surface area contributed by atoms with Gasteiger partial charge in [0, 0.05) is 21.4 Å². The van der Waals surface area contributed by atoms with Crippen LogP contribution in [0.2, 0.25) is 0 Å². The Morgan fingerprint density at radius 2 is 2.10 bits per heavy atom. The maximum absolute atomic E-state index is 11.7. The van der Waals surface area contributed by atoms with Gasteiger partial charge in [-0.3, -0.25) is 4.98 Å². The Kier molecular flexibility index (Phi) is 5.26. The third-order valence-corrected chi connectivity index (χ3v) is 6.64. The average Bonchev–Trinajstić information content (AvgIpc) is 2.37. The fraction of sp³-hybridized carbons (Fsp3) is 0.615. The maximum Gasteiger partial charge on any atom is 0.150 e. The standard InChI is InChI=1S/C13H18Br2N2O2S/c1-20(18,19)10-4-2-3-8(5-10)12(16)13-11(15)6-9(14)7-17-13/h6-8,10,12H,2-5,16H2,1H3. The van der Waals surface area contributed by atoms with Gasteiger partial charge in [-0.1, -0.05) is 6.42 Å². The first kappa shape index (κ1) is 16.4. The van der Waals surface area contributed by atoms with Crippen LogP contribution in [0.3, 0.4) is 0 Å². The molecule has 3 unspecified atom stereocenters. The van der Waals surface area contributed by atoms with Crippen molar-refractivity contribution in [1.29, 1.82) is 0 Å². The Bertz CT molecular complexity index is 592. The Labute approximate surface area is 136 Å². The van der Waals surface area contributed by atoms with Crippen molar-refractivity contribution in [2.75, 3.05) is 6.26 Å². The highest BCUT2D eigenvalue weighted by Gasteiger charge is 2.33. The van der Waals surface area contributed by atoms with E-state index in [4.69, 9.17) is 5.73 Å². The molecule has 0 aliphatic heterocycles. The van der Waals surface area contributed by atoms with Gasteiger partial charge in [-0.25, -0.2) is 8.42 Å². The Morgan fingerprint density at radius 3 is 2.70 bits per heavy atom. The molecule has 1 aliphatic carbocycles. The maximum atomic E-state index is 11.7. The molecule has 0 spiro atoms. The third kappa shape index (κ3) is 3.81. The molecule has 0 aromatic carbocycles. The van der Waals surface area contributed by atoms with Gasteiger partial charge in [-0.05, 0) is 63.1 Å². The molecule has 1 fully saturated rings. The van der Waals surface area contributed by atoms with Gasteiger partial charge < -0.3 is 5.73 Å². The van der Waals surface area contributed by atoms with Gasteiger partial charge >= 0.3 is 0 Å². The van der Waals surface area contributed by atoms with Crippen LogP contribution in [0.5, 0.6) is 0 Å². The minimum atomic E-state index is -2.99. The fourth-order valence-corrected chi connectivity index (χ4v) is 5.23. The van der Waals surface area contributed by atoms with E-state index in [0.717, 1.165) is 33.9 Å². The SMILES string of the molecule is CS(=O)(=O)C1CCCC(C(N)c2ncc(Br)cc2Br)C1. The minimum absolute atomic E-state index is 0.161. The molecule has 0 radical (unpaired) electrons. The quantitative estimate of drug-likeness (QED) is 0.806. The van der Waals surface area contributed by atoms with Gasteiger partial charge in [0.15, 0.2) is 0 Å².